The van der Waals surface area contributed by atoms with Crippen LogP contribution in [0.5, 0.6) is 0 Å². The fraction of sp³-hybridized carbons (Fsp3) is 0.833. The second-order valence-electron chi connectivity index (χ2n) is 11.2. The third-order valence-electron chi connectivity index (χ3n) is 9.83. The molecule has 0 aromatic heterocycles. The first-order valence-corrected chi connectivity index (χ1v) is 13.2. The summed E-state index contributed by atoms with van der Waals surface area (Å²) in [5, 5.41) is 11.0. The monoisotopic (exact) mass is 482 g/mol. The summed E-state index contributed by atoms with van der Waals surface area (Å²) in [6.07, 6.45) is 26.2. The number of aliphatic hydroxyl groups is 1. The molecule has 0 spiro atoms. The molecule has 5 saturated carbocycles. The first-order chi connectivity index (χ1) is 14.7. The average Bonchev–Trinajstić information content (AvgIpc) is 3.38. The Balaban J connectivity index is 0.00000106. The number of rotatable bonds is 3. The summed E-state index contributed by atoms with van der Waals surface area (Å²) in [6.45, 7) is 2.55. The zero-order chi connectivity index (χ0) is 21.1. The summed E-state index contributed by atoms with van der Waals surface area (Å²) in [4.78, 5) is 0. The van der Waals surface area contributed by atoms with Gasteiger partial charge in [0.2, 0.25) is 0 Å². The normalized spacial score (nSPS) is 40.0. The van der Waals surface area contributed by atoms with E-state index in [1.54, 1.807) is 5.57 Å². The van der Waals surface area contributed by atoms with Crippen molar-refractivity contribution in [2.24, 2.45) is 40.7 Å². The molecular formula is C30H53KNO-. The molecule has 3 heteroatoms. The predicted molar refractivity (Wildman–Crippen MR) is 139 cm³/mol. The molecule has 33 heavy (non-hydrogen) atoms. The molecule has 7 unspecified atom stereocenters. The number of hydrogen-bond acceptors (Lipinski definition) is 2. The fourth-order valence-corrected chi connectivity index (χ4v) is 8.58. The number of aliphatic hydroxyl groups excluding tert-OH is 1. The predicted octanol–water partition coefficient (Wildman–Crippen LogP) is 4.68. The Hall–Kier alpha value is 1.04. The Bertz CT molecular complexity index is 635. The number of unbranched alkanes of at least 4 members (excludes halogenated alkanes) is 1. The van der Waals surface area contributed by atoms with Crippen LogP contribution < -0.4 is 57.1 Å². The number of fused-ring (bicyclic) bond motifs is 5. The maximum atomic E-state index is 11.0. The minimum Gasteiger partial charge on any atom is -0.494 e. The van der Waals surface area contributed by atoms with Crippen LogP contribution in [0.25, 0.3) is 0 Å². The van der Waals surface area contributed by atoms with Crippen molar-refractivity contribution in [2.45, 2.75) is 117 Å². The Kier molecular flexibility index (Phi) is 14.3. The molecule has 0 aromatic carbocycles. The number of nitrogens with two attached hydrogens (primary N) is 1. The second-order valence-corrected chi connectivity index (χ2v) is 11.2. The van der Waals surface area contributed by atoms with Gasteiger partial charge in [-0.2, -0.15) is 6.42 Å². The molecule has 3 N–H and O–H groups in total. The van der Waals surface area contributed by atoms with Gasteiger partial charge in [0.25, 0.3) is 0 Å². The van der Waals surface area contributed by atoms with E-state index in [0.29, 0.717) is 11.3 Å². The van der Waals surface area contributed by atoms with Crippen molar-refractivity contribution < 1.29 is 56.5 Å². The first-order valence-electron chi connectivity index (χ1n) is 13.2. The van der Waals surface area contributed by atoms with Crippen LogP contribution in [0.4, 0.5) is 0 Å². The van der Waals surface area contributed by atoms with Crippen molar-refractivity contribution in [3.8, 4) is 0 Å². The van der Waals surface area contributed by atoms with Crippen molar-refractivity contribution in [1.29, 1.82) is 0 Å². The zero-order valence-electron chi connectivity index (χ0n) is 21.7. The molecule has 0 heterocycles. The van der Waals surface area contributed by atoms with Gasteiger partial charge in [-0.05, 0) is 106 Å². The van der Waals surface area contributed by atoms with E-state index in [-0.39, 0.29) is 72.3 Å². The summed E-state index contributed by atoms with van der Waals surface area (Å²) >= 11 is 0. The van der Waals surface area contributed by atoms with E-state index in [2.05, 4.69) is 24.8 Å². The molecule has 2 nitrogen and oxygen atoms in total. The fourth-order valence-electron chi connectivity index (χ4n) is 8.58. The van der Waals surface area contributed by atoms with Crippen LogP contribution >= 0.6 is 0 Å². The van der Waals surface area contributed by atoms with Crippen molar-refractivity contribution >= 4 is 0 Å². The summed E-state index contributed by atoms with van der Waals surface area (Å²) in [5.74, 6) is 4.48. The Morgan fingerprint density at radius 1 is 0.970 bits per heavy atom. The largest absolute Gasteiger partial charge is 1.00 e. The maximum absolute atomic E-state index is 11.0. The van der Waals surface area contributed by atoms with Gasteiger partial charge in [-0.3, -0.25) is 0 Å². The van der Waals surface area contributed by atoms with Gasteiger partial charge in [0.1, 0.15) is 0 Å². The van der Waals surface area contributed by atoms with Gasteiger partial charge in [0, 0.05) is 6.10 Å². The van der Waals surface area contributed by atoms with Gasteiger partial charge in [0.15, 0.2) is 0 Å². The summed E-state index contributed by atoms with van der Waals surface area (Å²) in [6, 6.07) is 0. The third kappa shape index (κ3) is 6.68. The van der Waals surface area contributed by atoms with E-state index < -0.39 is 0 Å². The molecule has 0 bridgehead atoms. The molecule has 0 radical (unpaired) electrons. The quantitative estimate of drug-likeness (QED) is 0.266. The molecule has 0 saturated heterocycles. The summed E-state index contributed by atoms with van der Waals surface area (Å²) in [5.41, 5.74) is 7.83. The van der Waals surface area contributed by atoms with E-state index in [9.17, 15) is 5.11 Å². The second kappa shape index (κ2) is 14.7. The van der Waals surface area contributed by atoms with Crippen LogP contribution in [0.2, 0.25) is 0 Å². The molecular weight excluding hydrogens is 429 g/mol. The van der Waals surface area contributed by atoms with Crippen LogP contribution in [0, 0.1) is 48.5 Å². The van der Waals surface area contributed by atoms with Gasteiger partial charge < -0.3 is 24.3 Å². The minimum absolute atomic E-state index is 0. The topological polar surface area (TPSA) is 46.2 Å². The van der Waals surface area contributed by atoms with Crippen LogP contribution in [0.3, 0.4) is 0 Å². The van der Waals surface area contributed by atoms with Crippen molar-refractivity contribution in [2.75, 3.05) is 7.05 Å². The molecule has 5 rings (SSSR count). The smallest absolute Gasteiger partial charge is 0.494 e. The Morgan fingerprint density at radius 2 is 1.67 bits per heavy atom. The first kappa shape index (κ1) is 32.1. The molecule has 5 fully saturated rings. The van der Waals surface area contributed by atoms with E-state index in [1.807, 2.05) is 0 Å². The molecule has 5 aliphatic rings. The van der Waals surface area contributed by atoms with E-state index in [0.717, 1.165) is 42.9 Å². The Labute approximate surface area is 249 Å². The maximum Gasteiger partial charge on any atom is 1.00 e. The van der Waals surface area contributed by atoms with Crippen molar-refractivity contribution in [3.05, 3.63) is 30.7 Å². The van der Waals surface area contributed by atoms with Crippen molar-refractivity contribution in [1.82, 2.24) is 0 Å². The van der Waals surface area contributed by atoms with Crippen molar-refractivity contribution in [3.63, 3.8) is 0 Å². The van der Waals surface area contributed by atoms with E-state index in [1.165, 1.54) is 89.7 Å². The van der Waals surface area contributed by atoms with Crippen LogP contribution in [0.1, 0.15) is 111 Å². The van der Waals surface area contributed by atoms with E-state index >= 15 is 0 Å². The number of allylic oxidation sites excluding steroid dienone is 3. The van der Waals surface area contributed by atoms with Gasteiger partial charge in [-0.1, -0.05) is 51.7 Å². The minimum atomic E-state index is -0.211. The molecule has 0 aliphatic heterocycles. The molecule has 0 amide bonds. The average molecular weight is 483 g/mol. The summed E-state index contributed by atoms with van der Waals surface area (Å²) in [7, 11) is 1.50. The van der Waals surface area contributed by atoms with Gasteiger partial charge in [-0.25, -0.2) is 5.57 Å². The van der Waals surface area contributed by atoms with Crippen LogP contribution in [0.15, 0.2) is 17.2 Å². The zero-order valence-corrected chi connectivity index (χ0v) is 24.8. The molecule has 0 aromatic rings. The van der Waals surface area contributed by atoms with Gasteiger partial charge in [-0.15, -0.1) is 0 Å². The Morgan fingerprint density at radius 3 is 2.39 bits per heavy atom. The molecule has 7 atom stereocenters. The standard InChI is InChI=1S/C27H41O.CH5N.CH4.CH3.K/c1-27-18-26(28)23(13-6-4-10-19-8-2-3-9-19)25(27)17-15-22-21-12-7-5-11-20(21)14-16-24(22)27;1-2;;;/h10,20-22,24-26,28H,2-9,11-12,14-18H2,1H3;2H2,1H3;1H4;1H3;/q-1;;;-1;+1. The molecule has 186 valence electrons. The number of hydrogen-bond donors (Lipinski definition) is 2. The summed E-state index contributed by atoms with van der Waals surface area (Å²) < 4.78 is 0. The van der Waals surface area contributed by atoms with Crippen LogP contribution in [-0.2, 0) is 0 Å². The third-order valence-corrected chi connectivity index (χ3v) is 9.83. The van der Waals surface area contributed by atoms with E-state index in [4.69, 9.17) is 0 Å². The van der Waals surface area contributed by atoms with Gasteiger partial charge in [0.05, 0.1) is 0 Å². The SMILES string of the molecule is C.CC12CC(O)C(=[C-]CCC=C3CCCC3)C1CCC1C3CCCCC3CCC12.CN.[CH3-].[K+]. The van der Waals surface area contributed by atoms with Gasteiger partial charge >= 0.3 is 51.4 Å². The van der Waals surface area contributed by atoms with Crippen LogP contribution in [-0.4, -0.2) is 18.3 Å². The molecule has 5 aliphatic carbocycles.